The van der Waals surface area contributed by atoms with Gasteiger partial charge < -0.3 is 29.9 Å². The maximum atomic E-state index is 12.4. The highest BCUT2D eigenvalue weighted by molar-refractivity contribution is 5.99. The number of morpholine rings is 1. The molecule has 4 heterocycles. The third-order valence-electron chi connectivity index (χ3n) is 5.57. The fraction of sp³-hybridized carbons (Fsp3) is 0.579. The summed E-state index contributed by atoms with van der Waals surface area (Å²) < 4.78 is 5.30. The number of ether oxygens (including phenoxy) is 1. The molecule has 0 saturated carbocycles. The summed E-state index contributed by atoms with van der Waals surface area (Å²) in [4.78, 5) is 40.8. The highest BCUT2D eigenvalue weighted by Crippen LogP contribution is 2.17. The van der Waals surface area contributed by atoms with E-state index in [9.17, 15) is 14.7 Å². The summed E-state index contributed by atoms with van der Waals surface area (Å²) in [5.74, 6) is 0.395. The second kappa shape index (κ2) is 8.94. The largest absolute Gasteiger partial charge is 0.378 e. The van der Waals surface area contributed by atoms with Gasteiger partial charge in [-0.25, -0.2) is 9.97 Å². The topological polar surface area (TPSA) is 114 Å². The van der Waals surface area contributed by atoms with E-state index in [2.05, 4.69) is 25.1 Å². The number of aliphatic hydroxyl groups excluding tert-OH is 1. The Labute approximate surface area is 174 Å². The van der Waals surface area contributed by atoms with Crippen LogP contribution < -0.4 is 10.2 Å². The third kappa shape index (κ3) is 4.53. The van der Waals surface area contributed by atoms with Gasteiger partial charge in [0, 0.05) is 52.5 Å². The molecule has 30 heavy (non-hydrogen) atoms. The lowest BCUT2D eigenvalue weighted by Gasteiger charge is -2.36. The molecule has 3 aliphatic rings. The van der Waals surface area contributed by atoms with Crippen molar-refractivity contribution in [2.75, 3.05) is 71.0 Å². The Bertz CT molecular complexity index is 819. The normalized spacial score (nSPS) is 24.5. The van der Waals surface area contributed by atoms with Crippen LogP contribution in [0.15, 0.2) is 18.0 Å². The van der Waals surface area contributed by atoms with Crippen molar-refractivity contribution < 1.29 is 19.4 Å². The molecular weight excluding hydrogens is 390 g/mol. The van der Waals surface area contributed by atoms with Crippen molar-refractivity contribution in [3.8, 4) is 0 Å². The van der Waals surface area contributed by atoms with Crippen LogP contribution in [0.4, 0.5) is 5.95 Å². The van der Waals surface area contributed by atoms with Gasteiger partial charge in [0.15, 0.2) is 0 Å². The van der Waals surface area contributed by atoms with Crippen LogP contribution in [0.5, 0.6) is 0 Å². The van der Waals surface area contributed by atoms with Gasteiger partial charge in [-0.1, -0.05) is 0 Å². The second-order valence-electron chi connectivity index (χ2n) is 7.53. The molecule has 3 fully saturated rings. The average Bonchev–Trinajstić information content (AvgIpc) is 3.01. The van der Waals surface area contributed by atoms with Gasteiger partial charge in [-0.3, -0.25) is 14.5 Å². The number of carbonyl (C=O) groups is 2. The van der Waals surface area contributed by atoms with Gasteiger partial charge in [0.25, 0.3) is 5.91 Å². The van der Waals surface area contributed by atoms with Crippen molar-refractivity contribution in [1.82, 2.24) is 30.0 Å². The molecule has 1 atom stereocenters. The van der Waals surface area contributed by atoms with Crippen LogP contribution in [-0.2, 0) is 14.3 Å². The third-order valence-corrected chi connectivity index (χ3v) is 5.57. The van der Waals surface area contributed by atoms with Gasteiger partial charge in [0.1, 0.15) is 5.70 Å². The molecule has 0 aromatic carbocycles. The molecule has 11 nitrogen and oxygen atoms in total. The van der Waals surface area contributed by atoms with Crippen LogP contribution in [0.3, 0.4) is 0 Å². The van der Waals surface area contributed by atoms with E-state index >= 15 is 0 Å². The summed E-state index contributed by atoms with van der Waals surface area (Å²) in [5, 5.41) is 12.2. The number of nitrogens with one attached hydrogen (secondary N) is 1. The zero-order valence-corrected chi connectivity index (χ0v) is 17.0. The number of hydrogen-bond acceptors (Lipinski definition) is 9. The molecular formula is C19H27N7O4. The smallest absolute Gasteiger partial charge is 0.271 e. The molecule has 1 aromatic heterocycles. The molecule has 1 aromatic rings. The summed E-state index contributed by atoms with van der Waals surface area (Å²) in [6.07, 6.45) is 2.26. The molecule has 0 aliphatic carbocycles. The maximum absolute atomic E-state index is 12.4. The molecule has 11 heteroatoms. The average molecular weight is 417 g/mol. The van der Waals surface area contributed by atoms with Gasteiger partial charge in [-0.2, -0.15) is 0 Å². The number of aliphatic hydroxyl groups is 1. The van der Waals surface area contributed by atoms with Gasteiger partial charge in [-0.15, -0.1) is 0 Å². The maximum Gasteiger partial charge on any atom is 0.271 e. The number of aromatic nitrogens is 2. The van der Waals surface area contributed by atoms with Gasteiger partial charge in [0.05, 0.1) is 25.5 Å². The van der Waals surface area contributed by atoms with Crippen LogP contribution >= 0.6 is 0 Å². The molecule has 0 spiro atoms. The van der Waals surface area contributed by atoms with Gasteiger partial charge >= 0.3 is 0 Å². The van der Waals surface area contributed by atoms with E-state index in [1.165, 1.54) is 4.90 Å². The predicted octanol–water partition coefficient (Wildman–Crippen LogP) is -1.86. The molecule has 1 unspecified atom stereocenters. The number of rotatable bonds is 4. The zero-order valence-electron chi connectivity index (χ0n) is 17.0. The van der Waals surface area contributed by atoms with E-state index in [0.29, 0.717) is 50.2 Å². The lowest BCUT2D eigenvalue weighted by molar-refractivity contribution is -0.136. The minimum atomic E-state index is -1.03. The van der Waals surface area contributed by atoms with E-state index in [-0.39, 0.29) is 11.8 Å². The first-order chi connectivity index (χ1) is 14.5. The number of hydrogen-bond donors (Lipinski definition) is 2. The fourth-order valence-electron chi connectivity index (χ4n) is 3.69. The number of piperazine rings is 1. The van der Waals surface area contributed by atoms with E-state index in [1.54, 1.807) is 25.4 Å². The number of anilines is 1. The Morgan fingerprint density at radius 3 is 2.67 bits per heavy atom. The van der Waals surface area contributed by atoms with E-state index in [0.717, 1.165) is 26.2 Å². The van der Waals surface area contributed by atoms with Gasteiger partial charge in [-0.05, 0) is 12.1 Å². The Hall–Kier alpha value is -2.76. The first-order valence-corrected chi connectivity index (χ1v) is 10.1. The summed E-state index contributed by atoms with van der Waals surface area (Å²) in [7, 11) is 1.63. The minimum Gasteiger partial charge on any atom is -0.378 e. The molecule has 162 valence electrons. The summed E-state index contributed by atoms with van der Waals surface area (Å²) in [6, 6.07) is 1.72. The Morgan fingerprint density at radius 2 is 2.00 bits per heavy atom. The molecule has 4 rings (SSSR count). The fourth-order valence-corrected chi connectivity index (χ4v) is 3.69. The SMILES string of the molecule is CN1C(=Cc2ccnc(N3CCN(CC(=O)N4CCOCC4)CC3)n2)C(=O)NC1O. The van der Waals surface area contributed by atoms with Crippen molar-refractivity contribution in [3.05, 3.63) is 23.7 Å². The second-order valence-corrected chi connectivity index (χ2v) is 7.53. The number of carbonyl (C=O) groups excluding carboxylic acids is 2. The number of amides is 2. The summed E-state index contributed by atoms with van der Waals surface area (Å²) in [6.45, 7) is 5.91. The lowest BCUT2D eigenvalue weighted by Crippen LogP contribution is -2.51. The zero-order chi connectivity index (χ0) is 21.1. The van der Waals surface area contributed by atoms with Crippen LogP contribution in [0.2, 0.25) is 0 Å². The molecule has 2 N–H and O–H groups in total. The Morgan fingerprint density at radius 1 is 1.27 bits per heavy atom. The van der Waals surface area contributed by atoms with Crippen LogP contribution in [0.1, 0.15) is 5.69 Å². The van der Waals surface area contributed by atoms with E-state index in [1.807, 2.05) is 4.90 Å². The van der Waals surface area contributed by atoms with E-state index in [4.69, 9.17) is 4.74 Å². The monoisotopic (exact) mass is 417 g/mol. The van der Waals surface area contributed by atoms with E-state index < -0.39 is 6.35 Å². The molecule has 3 aliphatic heterocycles. The van der Waals surface area contributed by atoms with Crippen LogP contribution in [-0.4, -0.2) is 114 Å². The number of nitrogens with zero attached hydrogens (tertiary/aromatic N) is 6. The highest BCUT2D eigenvalue weighted by Gasteiger charge is 2.30. The first-order valence-electron chi connectivity index (χ1n) is 10.1. The summed E-state index contributed by atoms with van der Waals surface area (Å²) >= 11 is 0. The molecule has 0 bridgehead atoms. The Kier molecular flexibility index (Phi) is 6.11. The van der Waals surface area contributed by atoms with Crippen molar-refractivity contribution in [1.29, 1.82) is 0 Å². The van der Waals surface area contributed by atoms with Crippen molar-refractivity contribution in [3.63, 3.8) is 0 Å². The Balaban J connectivity index is 1.34. The molecule has 2 amide bonds. The number of likely N-dealkylation sites (N-methyl/N-ethyl adjacent to an activating group) is 1. The van der Waals surface area contributed by atoms with Crippen LogP contribution in [0, 0.1) is 0 Å². The summed E-state index contributed by atoms with van der Waals surface area (Å²) in [5.41, 5.74) is 0.939. The van der Waals surface area contributed by atoms with Crippen molar-refractivity contribution >= 4 is 23.8 Å². The molecule has 0 radical (unpaired) electrons. The van der Waals surface area contributed by atoms with Gasteiger partial charge in [0.2, 0.25) is 18.2 Å². The molecule has 3 saturated heterocycles. The quantitative estimate of drug-likeness (QED) is 0.544. The first kappa shape index (κ1) is 20.5. The standard InChI is InChI=1S/C19H27N7O4/c1-23-15(17(28)22-19(23)29)12-14-2-3-20-18(21-14)26-6-4-24(5-7-26)13-16(27)25-8-10-30-11-9-25/h2-3,12,19,29H,4-11,13H2,1H3,(H,22,28). The minimum absolute atomic E-state index is 0.151. The highest BCUT2D eigenvalue weighted by atomic mass is 16.5. The van der Waals surface area contributed by atoms with Crippen molar-refractivity contribution in [2.24, 2.45) is 0 Å². The predicted molar refractivity (Wildman–Crippen MR) is 108 cm³/mol. The van der Waals surface area contributed by atoms with Crippen molar-refractivity contribution in [2.45, 2.75) is 6.35 Å². The lowest BCUT2D eigenvalue weighted by atomic mass is 10.3. The van der Waals surface area contributed by atoms with Crippen LogP contribution in [0.25, 0.3) is 6.08 Å².